The van der Waals surface area contributed by atoms with Crippen LogP contribution in [0.5, 0.6) is 0 Å². The highest BCUT2D eigenvalue weighted by molar-refractivity contribution is 5.89. The molecule has 0 aliphatic carbocycles. The zero-order valence-corrected chi connectivity index (χ0v) is 14.3. The highest BCUT2D eigenvalue weighted by atomic mass is 16.6. The normalized spacial score (nSPS) is 17.9. The molecule has 5 nitrogen and oxygen atoms in total. The Kier molecular flexibility index (Phi) is 5.29. The number of rotatable bonds is 3. The SMILES string of the molecule is COC(=O)c1cccc(CC2CCN(C(=O)OC(C)(C)C)C2)c1. The van der Waals surface area contributed by atoms with Gasteiger partial charge in [-0.25, -0.2) is 9.59 Å². The van der Waals surface area contributed by atoms with Gasteiger partial charge in [0.2, 0.25) is 0 Å². The molecule has 2 rings (SSSR count). The Morgan fingerprint density at radius 2 is 2.04 bits per heavy atom. The van der Waals surface area contributed by atoms with E-state index in [0.717, 1.165) is 24.9 Å². The fraction of sp³-hybridized carbons (Fsp3) is 0.556. The summed E-state index contributed by atoms with van der Waals surface area (Å²) in [6, 6.07) is 7.48. The molecule has 1 aliphatic heterocycles. The summed E-state index contributed by atoms with van der Waals surface area (Å²) in [5.41, 5.74) is 1.18. The highest BCUT2D eigenvalue weighted by Gasteiger charge is 2.29. The van der Waals surface area contributed by atoms with Gasteiger partial charge in [0.1, 0.15) is 5.60 Å². The smallest absolute Gasteiger partial charge is 0.410 e. The molecule has 1 aromatic carbocycles. The van der Waals surface area contributed by atoms with Crippen molar-refractivity contribution < 1.29 is 19.1 Å². The molecule has 1 saturated heterocycles. The maximum absolute atomic E-state index is 12.1. The van der Waals surface area contributed by atoms with E-state index in [1.165, 1.54) is 7.11 Å². The van der Waals surface area contributed by atoms with Crippen molar-refractivity contribution >= 4 is 12.1 Å². The van der Waals surface area contributed by atoms with Crippen LogP contribution >= 0.6 is 0 Å². The molecule has 23 heavy (non-hydrogen) atoms. The lowest BCUT2D eigenvalue weighted by atomic mass is 9.97. The molecule has 0 saturated carbocycles. The summed E-state index contributed by atoms with van der Waals surface area (Å²) >= 11 is 0. The molecule has 5 heteroatoms. The minimum absolute atomic E-state index is 0.247. The van der Waals surface area contributed by atoms with Gasteiger partial charge in [0.05, 0.1) is 12.7 Å². The van der Waals surface area contributed by atoms with Crippen LogP contribution in [0.25, 0.3) is 0 Å². The van der Waals surface area contributed by atoms with E-state index in [1.807, 2.05) is 39.0 Å². The lowest BCUT2D eigenvalue weighted by Crippen LogP contribution is -2.35. The van der Waals surface area contributed by atoms with Crippen molar-refractivity contribution in [3.8, 4) is 0 Å². The largest absolute Gasteiger partial charge is 0.465 e. The molecule has 126 valence electrons. The third-order valence-corrected chi connectivity index (χ3v) is 3.81. The van der Waals surface area contributed by atoms with Crippen molar-refractivity contribution in [1.82, 2.24) is 4.90 Å². The first-order valence-electron chi connectivity index (χ1n) is 7.93. The minimum Gasteiger partial charge on any atom is -0.465 e. The molecule has 1 unspecified atom stereocenters. The zero-order valence-electron chi connectivity index (χ0n) is 14.3. The van der Waals surface area contributed by atoms with E-state index in [1.54, 1.807) is 11.0 Å². The van der Waals surface area contributed by atoms with Gasteiger partial charge in [-0.1, -0.05) is 12.1 Å². The Morgan fingerprint density at radius 3 is 2.70 bits per heavy atom. The summed E-state index contributed by atoms with van der Waals surface area (Å²) in [4.78, 5) is 25.4. The first-order chi connectivity index (χ1) is 10.8. The van der Waals surface area contributed by atoms with Crippen molar-refractivity contribution in [3.05, 3.63) is 35.4 Å². The summed E-state index contributed by atoms with van der Waals surface area (Å²) in [7, 11) is 1.38. The molecule has 1 aliphatic rings. The third kappa shape index (κ3) is 4.98. The summed E-state index contributed by atoms with van der Waals surface area (Å²) in [5, 5.41) is 0. The number of carbonyl (C=O) groups is 2. The zero-order chi connectivity index (χ0) is 17.0. The van der Waals surface area contributed by atoms with Gasteiger partial charge in [-0.05, 0) is 57.2 Å². The van der Waals surface area contributed by atoms with Gasteiger partial charge in [0.15, 0.2) is 0 Å². The van der Waals surface area contributed by atoms with E-state index in [9.17, 15) is 9.59 Å². The van der Waals surface area contributed by atoms with E-state index < -0.39 is 5.60 Å². The number of likely N-dealkylation sites (tertiary alicyclic amines) is 1. The molecule has 0 radical (unpaired) electrons. The first kappa shape index (κ1) is 17.3. The second-order valence-electron chi connectivity index (χ2n) is 6.98. The van der Waals surface area contributed by atoms with Crippen LogP contribution in [0.2, 0.25) is 0 Å². The number of ether oxygens (including phenoxy) is 2. The van der Waals surface area contributed by atoms with Gasteiger partial charge >= 0.3 is 12.1 Å². The molecule has 0 aromatic heterocycles. The van der Waals surface area contributed by atoms with Gasteiger partial charge in [0, 0.05) is 13.1 Å². The van der Waals surface area contributed by atoms with Gasteiger partial charge in [0.25, 0.3) is 0 Å². The number of nitrogens with zero attached hydrogens (tertiary/aromatic N) is 1. The number of methoxy groups -OCH3 is 1. The van der Waals surface area contributed by atoms with E-state index >= 15 is 0 Å². The molecular formula is C18H25NO4. The topological polar surface area (TPSA) is 55.8 Å². The monoisotopic (exact) mass is 319 g/mol. The Labute approximate surface area is 137 Å². The van der Waals surface area contributed by atoms with Crippen molar-refractivity contribution in [2.24, 2.45) is 5.92 Å². The molecule has 0 spiro atoms. The van der Waals surface area contributed by atoms with Gasteiger partial charge < -0.3 is 14.4 Å². The summed E-state index contributed by atoms with van der Waals surface area (Å²) in [6.45, 7) is 7.03. The molecule has 1 amide bonds. The predicted molar refractivity (Wildman–Crippen MR) is 87.4 cm³/mol. The number of esters is 1. The first-order valence-corrected chi connectivity index (χ1v) is 7.93. The van der Waals surface area contributed by atoms with Crippen molar-refractivity contribution in [1.29, 1.82) is 0 Å². The maximum Gasteiger partial charge on any atom is 0.410 e. The number of amides is 1. The number of benzene rings is 1. The van der Waals surface area contributed by atoms with Crippen LogP contribution in [0.1, 0.15) is 43.1 Å². The summed E-state index contributed by atoms with van der Waals surface area (Å²) in [5.74, 6) is 0.0593. The van der Waals surface area contributed by atoms with Gasteiger partial charge in [-0.2, -0.15) is 0 Å². The lowest BCUT2D eigenvalue weighted by Gasteiger charge is -2.24. The summed E-state index contributed by atoms with van der Waals surface area (Å²) < 4.78 is 10.2. The molecule has 0 N–H and O–H groups in total. The Morgan fingerprint density at radius 1 is 1.30 bits per heavy atom. The second-order valence-corrected chi connectivity index (χ2v) is 6.98. The fourth-order valence-electron chi connectivity index (χ4n) is 2.77. The molecule has 0 bridgehead atoms. The Bertz CT molecular complexity index is 577. The molecular weight excluding hydrogens is 294 g/mol. The average Bonchev–Trinajstić information content (AvgIpc) is 2.93. The van der Waals surface area contributed by atoms with Crippen molar-refractivity contribution in [3.63, 3.8) is 0 Å². The van der Waals surface area contributed by atoms with Crippen molar-refractivity contribution in [2.45, 2.75) is 39.2 Å². The van der Waals surface area contributed by atoms with Crippen LogP contribution in [0.4, 0.5) is 4.79 Å². The van der Waals surface area contributed by atoms with Crippen LogP contribution in [0.15, 0.2) is 24.3 Å². The quantitative estimate of drug-likeness (QED) is 0.802. The molecule has 1 heterocycles. The maximum atomic E-state index is 12.1. The van der Waals surface area contributed by atoms with Gasteiger partial charge in [-0.3, -0.25) is 0 Å². The minimum atomic E-state index is -0.468. The lowest BCUT2D eigenvalue weighted by molar-refractivity contribution is 0.0288. The number of carbonyl (C=O) groups excluding carboxylic acids is 2. The number of hydrogen-bond acceptors (Lipinski definition) is 4. The van der Waals surface area contributed by atoms with E-state index in [2.05, 4.69) is 0 Å². The van der Waals surface area contributed by atoms with E-state index in [-0.39, 0.29) is 12.1 Å². The van der Waals surface area contributed by atoms with Crippen molar-refractivity contribution in [2.75, 3.05) is 20.2 Å². The fourth-order valence-corrected chi connectivity index (χ4v) is 2.77. The van der Waals surface area contributed by atoms with Crippen LogP contribution in [-0.4, -0.2) is 42.8 Å². The van der Waals surface area contributed by atoms with Crippen LogP contribution in [0, 0.1) is 5.92 Å². The van der Waals surface area contributed by atoms with Gasteiger partial charge in [-0.15, -0.1) is 0 Å². The predicted octanol–water partition coefficient (Wildman–Crippen LogP) is 3.27. The van der Waals surface area contributed by atoms with Crippen LogP contribution < -0.4 is 0 Å². The molecule has 1 atom stereocenters. The highest BCUT2D eigenvalue weighted by Crippen LogP contribution is 2.23. The Balaban J connectivity index is 1.93. The Hall–Kier alpha value is -2.04. The van der Waals surface area contributed by atoms with E-state index in [4.69, 9.17) is 9.47 Å². The summed E-state index contributed by atoms with van der Waals surface area (Å²) in [6.07, 6.45) is 1.54. The second kappa shape index (κ2) is 7.02. The molecule has 1 aromatic rings. The van der Waals surface area contributed by atoms with E-state index in [0.29, 0.717) is 18.0 Å². The average molecular weight is 319 g/mol. The molecule has 1 fully saturated rings. The third-order valence-electron chi connectivity index (χ3n) is 3.81. The standard InChI is InChI=1S/C18H25NO4/c1-18(2,3)23-17(21)19-9-8-14(12-19)10-13-6-5-7-15(11-13)16(20)22-4/h5-7,11,14H,8-10,12H2,1-4H3. The number of hydrogen-bond donors (Lipinski definition) is 0. The van der Waals surface area contributed by atoms with Crippen LogP contribution in [-0.2, 0) is 15.9 Å². The van der Waals surface area contributed by atoms with Crippen LogP contribution in [0.3, 0.4) is 0 Å².